The Hall–Kier alpha value is -2.27. The van der Waals surface area contributed by atoms with Crippen molar-refractivity contribution in [2.45, 2.75) is 60.3 Å². The summed E-state index contributed by atoms with van der Waals surface area (Å²) in [6, 6.07) is 4.25. The van der Waals surface area contributed by atoms with Crippen LogP contribution in [-0.2, 0) is 6.42 Å². The van der Waals surface area contributed by atoms with E-state index in [1.807, 2.05) is 27.0 Å². The van der Waals surface area contributed by atoms with Gasteiger partial charge in [-0.05, 0) is 50.3 Å². The molecule has 0 saturated heterocycles. The molecule has 5 nitrogen and oxygen atoms in total. The van der Waals surface area contributed by atoms with Crippen LogP contribution >= 0.6 is 0 Å². The van der Waals surface area contributed by atoms with Crippen LogP contribution in [0.2, 0.25) is 0 Å². The first kappa shape index (κ1) is 20.0. The lowest BCUT2D eigenvalue weighted by atomic mass is 10.0. The third kappa shape index (κ3) is 4.28. The number of hydrogen-bond acceptors (Lipinski definition) is 4. The molecule has 0 aliphatic rings. The van der Waals surface area contributed by atoms with Crippen LogP contribution in [-0.4, -0.2) is 31.6 Å². The Balaban J connectivity index is 0.000000552. The second kappa shape index (κ2) is 8.90. The number of hydrogen-bond donors (Lipinski definition) is 2. The van der Waals surface area contributed by atoms with E-state index in [9.17, 15) is 0 Å². The molecule has 0 saturated carbocycles. The van der Waals surface area contributed by atoms with Gasteiger partial charge >= 0.3 is 0 Å². The van der Waals surface area contributed by atoms with Crippen molar-refractivity contribution < 1.29 is 5.11 Å². The maximum atomic E-state index is 7.88. The highest BCUT2D eigenvalue weighted by molar-refractivity contribution is 5.79. The van der Waals surface area contributed by atoms with E-state index >= 15 is 0 Å². The van der Waals surface area contributed by atoms with E-state index in [0.29, 0.717) is 12.5 Å². The minimum Gasteiger partial charge on any atom is -0.396 e. The Labute approximate surface area is 155 Å². The summed E-state index contributed by atoms with van der Waals surface area (Å²) in [5.41, 5.74) is 8.10. The first-order valence-electron chi connectivity index (χ1n) is 9.36. The molecule has 3 aromatic heterocycles. The number of pyridine rings is 1. The number of fused-ring (bicyclic) bond motifs is 1. The number of H-pyrrole nitrogens is 1. The van der Waals surface area contributed by atoms with E-state index in [1.165, 1.54) is 0 Å². The van der Waals surface area contributed by atoms with Crippen molar-refractivity contribution in [3.63, 3.8) is 0 Å². The molecule has 3 aromatic rings. The number of aryl methyl sites for hydroxylation is 3. The van der Waals surface area contributed by atoms with E-state index in [4.69, 9.17) is 15.1 Å². The summed E-state index contributed by atoms with van der Waals surface area (Å²) >= 11 is 0. The molecule has 0 bridgehead atoms. The Morgan fingerprint density at radius 1 is 1.08 bits per heavy atom. The van der Waals surface area contributed by atoms with E-state index in [0.717, 1.165) is 57.9 Å². The van der Waals surface area contributed by atoms with Gasteiger partial charge in [-0.2, -0.15) is 0 Å². The van der Waals surface area contributed by atoms with Crippen LogP contribution in [0.25, 0.3) is 22.4 Å². The minimum absolute atomic E-state index is 0.319. The normalized spacial score (nSPS) is 10.9. The third-order valence-corrected chi connectivity index (χ3v) is 4.27. The molecule has 0 unspecified atom stereocenters. The van der Waals surface area contributed by atoms with Crippen molar-refractivity contribution in [3.8, 4) is 11.3 Å². The molecule has 0 amide bonds. The highest BCUT2D eigenvalue weighted by Crippen LogP contribution is 2.28. The minimum atomic E-state index is 0.319. The standard InChI is InChI=1S/C18H22N4.C3H8O/c1-6-14-13(7-8-15(21-14)10(2)3)17-12(5)20-18-16(22-17)11(4)9-19-18;1-2-3-4/h7-10H,6H2,1-5H3,(H,19,20);4H,2-3H2,1H3. The van der Waals surface area contributed by atoms with Gasteiger partial charge in [-0.3, -0.25) is 4.98 Å². The Bertz CT molecular complexity index is 866. The molecule has 0 spiro atoms. The predicted octanol–water partition coefficient (Wildman–Crippen LogP) is 4.71. The van der Waals surface area contributed by atoms with Crippen LogP contribution in [0.5, 0.6) is 0 Å². The average Bonchev–Trinajstić information content (AvgIpc) is 3.00. The van der Waals surface area contributed by atoms with Crippen molar-refractivity contribution in [2.24, 2.45) is 0 Å². The van der Waals surface area contributed by atoms with E-state index in [1.54, 1.807) is 0 Å². The maximum Gasteiger partial charge on any atom is 0.156 e. The van der Waals surface area contributed by atoms with Crippen LogP contribution < -0.4 is 0 Å². The fraction of sp³-hybridized carbons (Fsp3) is 0.476. The largest absolute Gasteiger partial charge is 0.396 e. The predicted molar refractivity (Wildman–Crippen MR) is 107 cm³/mol. The molecule has 0 aliphatic carbocycles. The molecule has 3 rings (SSSR count). The third-order valence-electron chi connectivity index (χ3n) is 4.27. The Morgan fingerprint density at radius 3 is 2.35 bits per heavy atom. The van der Waals surface area contributed by atoms with Crippen molar-refractivity contribution in [1.29, 1.82) is 0 Å². The van der Waals surface area contributed by atoms with Gasteiger partial charge in [0.25, 0.3) is 0 Å². The molecular weight excluding hydrogens is 324 g/mol. The molecule has 0 aromatic carbocycles. The molecule has 140 valence electrons. The zero-order valence-electron chi connectivity index (χ0n) is 16.7. The van der Waals surface area contributed by atoms with Gasteiger partial charge in [0.05, 0.1) is 11.4 Å². The number of aromatic amines is 1. The Morgan fingerprint density at radius 2 is 1.77 bits per heavy atom. The molecule has 2 N–H and O–H groups in total. The van der Waals surface area contributed by atoms with Crippen molar-refractivity contribution in [3.05, 3.63) is 41.0 Å². The van der Waals surface area contributed by atoms with Gasteiger partial charge in [-0.15, -0.1) is 0 Å². The number of aliphatic hydroxyl groups excluding tert-OH is 1. The fourth-order valence-electron chi connectivity index (χ4n) is 2.72. The zero-order valence-corrected chi connectivity index (χ0v) is 16.7. The lowest BCUT2D eigenvalue weighted by Crippen LogP contribution is -2.02. The topological polar surface area (TPSA) is 74.7 Å². The van der Waals surface area contributed by atoms with Gasteiger partial charge in [-0.1, -0.05) is 27.7 Å². The second-order valence-corrected chi connectivity index (χ2v) is 6.79. The smallest absolute Gasteiger partial charge is 0.156 e. The first-order valence-corrected chi connectivity index (χ1v) is 9.36. The number of nitrogens with zero attached hydrogens (tertiary/aromatic N) is 3. The summed E-state index contributed by atoms with van der Waals surface area (Å²) in [4.78, 5) is 17.5. The number of rotatable bonds is 4. The molecule has 0 atom stereocenters. The number of nitrogens with one attached hydrogen (secondary N) is 1. The Kier molecular flexibility index (Phi) is 6.86. The summed E-state index contributed by atoms with van der Waals surface area (Å²) in [6.45, 7) is 12.8. The van der Waals surface area contributed by atoms with Crippen molar-refractivity contribution in [2.75, 3.05) is 6.61 Å². The number of aliphatic hydroxyl groups is 1. The first-order chi connectivity index (χ1) is 12.4. The quantitative estimate of drug-likeness (QED) is 0.711. The molecular formula is C21H30N4O. The number of aromatic nitrogens is 4. The molecule has 3 heterocycles. The summed E-state index contributed by atoms with van der Waals surface area (Å²) < 4.78 is 0. The molecule has 5 heteroatoms. The summed E-state index contributed by atoms with van der Waals surface area (Å²) in [6.07, 6.45) is 3.72. The molecule has 0 fully saturated rings. The fourth-order valence-corrected chi connectivity index (χ4v) is 2.72. The van der Waals surface area contributed by atoms with Crippen molar-refractivity contribution in [1.82, 2.24) is 19.9 Å². The van der Waals surface area contributed by atoms with Crippen LogP contribution in [0.15, 0.2) is 18.3 Å². The average molecular weight is 354 g/mol. The lowest BCUT2D eigenvalue weighted by molar-refractivity contribution is 0.295. The summed E-state index contributed by atoms with van der Waals surface area (Å²) in [5, 5.41) is 7.88. The van der Waals surface area contributed by atoms with E-state index in [-0.39, 0.29) is 0 Å². The zero-order chi connectivity index (χ0) is 19.3. The monoisotopic (exact) mass is 354 g/mol. The van der Waals surface area contributed by atoms with Crippen LogP contribution in [0.1, 0.15) is 62.7 Å². The van der Waals surface area contributed by atoms with Gasteiger partial charge in [0.2, 0.25) is 0 Å². The van der Waals surface area contributed by atoms with E-state index < -0.39 is 0 Å². The van der Waals surface area contributed by atoms with Gasteiger partial charge in [0.15, 0.2) is 5.65 Å². The van der Waals surface area contributed by atoms with Gasteiger partial charge in [0, 0.05) is 29.8 Å². The summed E-state index contributed by atoms with van der Waals surface area (Å²) in [5.74, 6) is 0.431. The van der Waals surface area contributed by atoms with E-state index in [2.05, 4.69) is 42.9 Å². The van der Waals surface area contributed by atoms with Gasteiger partial charge < -0.3 is 10.1 Å². The van der Waals surface area contributed by atoms with Crippen LogP contribution in [0, 0.1) is 13.8 Å². The molecule has 0 radical (unpaired) electrons. The van der Waals surface area contributed by atoms with Crippen LogP contribution in [0.4, 0.5) is 0 Å². The molecule has 26 heavy (non-hydrogen) atoms. The molecule has 0 aliphatic heterocycles. The lowest BCUT2D eigenvalue weighted by Gasteiger charge is -2.12. The maximum absolute atomic E-state index is 7.88. The van der Waals surface area contributed by atoms with Crippen LogP contribution in [0.3, 0.4) is 0 Å². The summed E-state index contributed by atoms with van der Waals surface area (Å²) in [7, 11) is 0. The second-order valence-electron chi connectivity index (χ2n) is 6.79. The van der Waals surface area contributed by atoms with Gasteiger partial charge in [-0.25, -0.2) is 9.97 Å². The highest BCUT2D eigenvalue weighted by Gasteiger charge is 2.15. The highest BCUT2D eigenvalue weighted by atomic mass is 16.2. The SMILES string of the molecule is CCCO.CCc1nc(C(C)C)ccc1-c1nc2c(C)c[nH]c2nc1C. The van der Waals surface area contributed by atoms with Crippen molar-refractivity contribution >= 4 is 11.2 Å². The van der Waals surface area contributed by atoms with Gasteiger partial charge in [0.1, 0.15) is 5.52 Å².